The maximum absolute atomic E-state index is 11.9. The highest BCUT2D eigenvalue weighted by Gasteiger charge is 2.12. The minimum atomic E-state index is -0.0815. The average molecular weight is 333 g/mol. The highest BCUT2D eigenvalue weighted by molar-refractivity contribution is 7.14. The van der Waals surface area contributed by atoms with Crippen molar-refractivity contribution in [3.8, 4) is 0 Å². The molecule has 0 aliphatic heterocycles. The summed E-state index contributed by atoms with van der Waals surface area (Å²) in [5, 5.41) is 7.78. The molecule has 0 unspecified atom stereocenters. The zero-order chi connectivity index (χ0) is 16.8. The molecule has 0 saturated carbocycles. The normalized spacial score (nSPS) is 11.5. The minimum Gasteiger partial charge on any atom is -0.361 e. The lowest BCUT2D eigenvalue weighted by molar-refractivity contribution is 0.0947. The largest absolute Gasteiger partial charge is 0.361 e. The molecule has 0 fully saturated rings. The summed E-state index contributed by atoms with van der Waals surface area (Å²) in [6.45, 7) is 7.94. The molecule has 2 aromatic heterocycles. The minimum absolute atomic E-state index is 0.0815. The van der Waals surface area contributed by atoms with Gasteiger partial charge in [-0.25, -0.2) is 4.98 Å². The third-order valence-electron chi connectivity index (χ3n) is 3.31. The second kappa shape index (κ2) is 8.06. The van der Waals surface area contributed by atoms with Crippen molar-refractivity contribution < 1.29 is 9.32 Å². The summed E-state index contributed by atoms with van der Waals surface area (Å²) in [5.41, 5.74) is 2.00. The van der Waals surface area contributed by atoms with E-state index in [4.69, 9.17) is 4.52 Å². The quantitative estimate of drug-likeness (QED) is 0.828. The molecule has 0 radical (unpaired) electrons. The summed E-state index contributed by atoms with van der Waals surface area (Å²) in [7, 11) is 0. The second-order valence-electron chi connectivity index (χ2n) is 5.73. The van der Waals surface area contributed by atoms with Gasteiger partial charge in [-0.3, -0.25) is 4.79 Å². The molecule has 0 atom stereocenters. The summed E-state index contributed by atoms with van der Waals surface area (Å²) in [6, 6.07) is 0.115. The Morgan fingerprint density at radius 3 is 2.91 bits per heavy atom. The van der Waals surface area contributed by atoms with Gasteiger partial charge >= 0.3 is 0 Å². The third kappa shape index (κ3) is 4.76. The predicted molar refractivity (Wildman–Crippen MR) is 93.5 cm³/mol. The van der Waals surface area contributed by atoms with E-state index in [2.05, 4.69) is 22.4 Å². The number of nitrogens with zero attached hydrogens (tertiary/aromatic N) is 2. The molecular formula is C17H23N3O2S. The number of thiazole rings is 1. The first kappa shape index (κ1) is 17.4. The Hall–Kier alpha value is -1.95. The van der Waals surface area contributed by atoms with Gasteiger partial charge in [0.2, 0.25) is 0 Å². The zero-order valence-corrected chi connectivity index (χ0v) is 14.9. The summed E-state index contributed by atoms with van der Waals surface area (Å²) in [4.78, 5) is 16.8. The van der Waals surface area contributed by atoms with Crippen LogP contribution >= 0.6 is 11.3 Å². The Morgan fingerprint density at radius 1 is 1.43 bits per heavy atom. The van der Waals surface area contributed by atoms with Crippen molar-refractivity contribution in [3.05, 3.63) is 33.1 Å². The van der Waals surface area contributed by atoms with E-state index in [0.29, 0.717) is 4.88 Å². The summed E-state index contributed by atoms with van der Waals surface area (Å²) in [5.74, 6) is 0.726. The number of rotatable bonds is 7. The van der Waals surface area contributed by atoms with Gasteiger partial charge in [0.15, 0.2) is 0 Å². The number of hydrogen-bond acceptors (Lipinski definition) is 5. The summed E-state index contributed by atoms with van der Waals surface area (Å²) in [6.07, 6.45) is 8.61. The van der Waals surface area contributed by atoms with Crippen LogP contribution in [0.1, 0.15) is 65.3 Å². The maximum Gasteiger partial charge on any atom is 0.263 e. The fourth-order valence-corrected chi connectivity index (χ4v) is 2.84. The summed E-state index contributed by atoms with van der Waals surface area (Å²) >= 11 is 1.37. The first-order chi connectivity index (χ1) is 11.0. The van der Waals surface area contributed by atoms with E-state index >= 15 is 0 Å². The van der Waals surface area contributed by atoms with Crippen LogP contribution in [-0.4, -0.2) is 22.1 Å². The fraction of sp³-hybridized carbons (Fsp3) is 0.471. The molecule has 0 spiro atoms. The lowest BCUT2D eigenvalue weighted by atomic mass is 10.1. The Morgan fingerprint density at radius 2 is 2.22 bits per heavy atom. The van der Waals surface area contributed by atoms with Crippen molar-refractivity contribution >= 4 is 29.4 Å². The Bertz CT molecular complexity index is 686. The van der Waals surface area contributed by atoms with E-state index in [1.165, 1.54) is 11.3 Å². The molecule has 23 heavy (non-hydrogen) atoms. The first-order valence-electron chi connectivity index (χ1n) is 7.91. The lowest BCUT2D eigenvalue weighted by Crippen LogP contribution is -2.29. The summed E-state index contributed by atoms with van der Waals surface area (Å²) < 4.78 is 5.29. The number of aryl methyl sites for hydroxylation is 2. The van der Waals surface area contributed by atoms with Crippen molar-refractivity contribution in [2.24, 2.45) is 0 Å². The van der Waals surface area contributed by atoms with E-state index in [9.17, 15) is 4.79 Å². The van der Waals surface area contributed by atoms with Crippen LogP contribution in [0.3, 0.4) is 0 Å². The number of aromatic nitrogens is 2. The monoisotopic (exact) mass is 333 g/mol. The van der Waals surface area contributed by atoms with Gasteiger partial charge < -0.3 is 9.84 Å². The maximum atomic E-state index is 11.9. The molecule has 124 valence electrons. The van der Waals surface area contributed by atoms with Crippen LogP contribution in [0.4, 0.5) is 0 Å². The van der Waals surface area contributed by atoms with Gasteiger partial charge in [0, 0.05) is 11.6 Å². The van der Waals surface area contributed by atoms with Crippen molar-refractivity contribution in [2.75, 3.05) is 0 Å². The number of carbonyl (C=O) groups is 1. The van der Waals surface area contributed by atoms with Crippen LogP contribution in [0.25, 0.3) is 12.2 Å². The predicted octanol–water partition coefficient (Wildman–Crippen LogP) is 4.09. The number of nitrogens with one attached hydrogen (secondary N) is 1. The fourth-order valence-electron chi connectivity index (χ4n) is 2.12. The van der Waals surface area contributed by atoms with Gasteiger partial charge in [-0.15, -0.1) is 11.3 Å². The zero-order valence-electron chi connectivity index (χ0n) is 14.0. The van der Waals surface area contributed by atoms with Crippen LogP contribution in [0.2, 0.25) is 0 Å². The van der Waals surface area contributed by atoms with E-state index in [1.807, 2.05) is 32.9 Å². The SMILES string of the molecule is CCCCc1noc(C)c1/C=C/c1ncc(C(=O)NC(C)C)s1. The van der Waals surface area contributed by atoms with Gasteiger partial charge in [-0.2, -0.15) is 0 Å². The topological polar surface area (TPSA) is 68.0 Å². The molecule has 6 heteroatoms. The Kier molecular flexibility index (Phi) is 6.10. The van der Waals surface area contributed by atoms with E-state index in [-0.39, 0.29) is 11.9 Å². The molecular weight excluding hydrogens is 310 g/mol. The molecule has 0 aliphatic carbocycles. The standard InChI is InChI=1S/C17H23N3O2S/c1-5-6-7-14-13(12(4)22-20-14)8-9-16-18-10-15(23-16)17(21)19-11(2)3/h8-11H,5-7H2,1-4H3,(H,19,21)/b9-8+. The highest BCUT2D eigenvalue weighted by atomic mass is 32.1. The van der Waals surface area contributed by atoms with Gasteiger partial charge in [-0.1, -0.05) is 18.5 Å². The molecule has 0 saturated heterocycles. The second-order valence-corrected chi connectivity index (χ2v) is 6.79. The van der Waals surface area contributed by atoms with Crippen molar-refractivity contribution in [1.82, 2.24) is 15.5 Å². The first-order valence-corrected chi connectivity index (χ1v) is 8.72. The molecule has 2 aromatic rings. The molecule has 0 aromatic carbocycles. The molecule has 1 N–H and O–H groups in total. The number of amides is 1. The van der Waals surface area contributed by atoms with Crippen LogP contribution in [0.15, 0.2) is 10.7 Å². The molecule has 0 bridgehead atoms. The Labute approximate surface area is 140 Å². The lowest BCUT2D eigenvalue weighted by Gasteiger charge is -2.05. The van der Waals surface area contributed by atoms with Crippen LogP contribution in [-0.2, 0) is 6.42 Å². The third-order valence-corrected chi connectivity index (χ3v) is 4.27. The molecule has 2 heterocycles. The van der Waals surface area contributed by atoms with Gasteiger partial charge in [0.25, 0.3) is 5.91 Å². The van der Waals surface area contributed by atoms with Crippen LogP contribution in [0, 0.1) is 6.92 Å². The van der Waals surface area contributed by atoms with Gasteiger partial charge in [0.05, 0.1) is 11.9 Å². The van der Waals surface area contributed by atoms with E-state index in [0.717, 1.165) is 41.3 Å². The van der Waals surface area contributed by atoms with E-state index < -0.39 is 0 Å². The number of unbranched alkanes of at least 4 members (excludes halogenated alkanes) is 1. The average Bonchev–Trinajstić information content (AvgIpc) is 3.09. The number of hydrogen-bond donors (Lipinski definition) is 1. The highest BCUT2D eigenvalue weighted by Crippen LogP contribution is 2.21. The van der Waals surface area contributed by atoms with Crippen molar-refractivity contribution in [2.45, 2.75) is 53.0 Å². The molecule has 1 amide bonds. The van der Waals surface area contributed by atoms with Gasteiger partial charge in [0.1, 0.15) is 15.6 Å². The van der Waals surface area contributed by atoms with Crippen LogP contribution < -0.4 is 5.32 Å². The smallest absolute Gasteiger partial charge is 0.263 e. The Balaban J connectivity index is 2.10. The van der Waals surface area contributed by atoms with Crippen molar-refractivity contribution in [1.29, 1.82) is 0 Å². The van der Waals surface area contributed by atoms with Crippen molar-refractivity contribution in [3.63, 3.8) is 0 Å². The van der Waals surface area contributed by atoms with Gasteiger partial charge in [-0.05, 0) is 45.8 Å². The molecule has 2 rings (SSSR count). The van der Waals surface area contributed by atoms with E-state index in [1.54, 1.807) is 6.20 Å². The van der Waals surface area contributed by atoms with Crippen LogP contribution in [0.5, 0.6) is 0 Å². The number of carbonyl (C=O) groups excluding carboxylic acids is 1. The molecule has 5 nitrogen and oxygen atoms in total. The molecule has 0 aliphatic rings.